The molecule has 0 aliphatic carbocycles. The monoisotopic (exact) mass is 318 g/mol. The van der Waals surface area contributed by atoms with Crippen molar-refractivity contribution in [3.05, 3.63) is 0 Å². The fourth-order valence-corrected chi connectivity index (χ4v) is 2.36. The van der Waals surface area contributed by atoms with Crippen molar-refractivity contribution >= 4 is 27.7 Å². The van der Waals surface area contributed by atoms with Crippen molar-refractivity contribution in [1.29, 1.82) is 0 Å². The second-order valence-electron chi connectivity index (χ2n) is 5.06. The van der Waals surface area contributed by atoms with Crippen LogP contribution in [0, 0.1) is 5.92 Å². The first kappa shape index (κ1) is 15.5. The normalized spacial score (nSPS) is 18.7. The Kier molecular flexibility index (Phi) is 6.12. The van der Waals surface area contributed by atoms with Gasteiger partial charge in [0, 0.05) is 32.6 Å². The van der Waals surface area contributed by atoms with E-state index in [1.54, 1.807) is 0 Å². The van der Waals surface area contributed by atoms with E-state index < -0.39 is 0 Å². The van der Waals surface area contributed by atoms with Crippen molar-refractivity contribution in [2.24, 2.45) is 5.92 Å². The van der Waals surface area contributed by atoms with E-state index in [0.29, 0.717) is 19.5 Å². The molecule has 1 unspecified atom stereocenters. The smallest absolute Gasteiger partial charge is 0.236 e. The lowest BCUT2D eigenvalue weighted by Crippen LogP contribution is -2.41. The van der Waals surface area contributed by atoms with Crippen molar-refractivity contribution in [1.82, 2.24) is 9.80 Å². The van der Waals surface area contributed by atoms with E-state index in [1.165, 1.54) is 0 Å². The van der Waals surface area contributed by atoms with Gasteiger partial charge in [0.2, 0.25) is 11.8 Å². The van der Waals surface area contributed by atoms with E-state index in [0.717, 1.165) is 19.5 Å². The molecule has 0 saturated carbocycles. The lowest BCUT2D eigenvalue weighted by molar-refractivity contribution is -0.133. The largest absolute Gasteiger partial charge is 0.341 e. The Labute approximate surface area is 118 Å². The van der Waals surface area contributed by atoms with Crippen LogP contribution >= 0.6 is 15.9 Å². The summed E-state index contributed by atoms with van der Waals surface area (Å²) in [6.07, 6.45) is 1.41. The van der Waals surface area contributed by atoms with Gasteiger partial charge in [-0.05, 0) is 12.3 Å². The summed E-state index contributed by atoms with van der Waals surface area (Å²) in [4.78, 5) is 27.5. The number of halogens is 1. The zero-order valence-corrected chi connectivity index (χ0v) is 13.1. The van der Waals surface area contributed by atoms with Crippen molar-refractivity contribution in [3.8, 4) is 0 Å². The highest BCUT2D eigenvalue weighted by atomic mass is 79.9. The predicted molar refractivity (Wildman–Crippen MR) is 75.6 cm³/mol. The molecule has 1 fully saturated rings. The Bertz CT molecular complexity index is 307. The van der Waals surface area contributed by atoms with Gasteiger partial charge >= 0.3 is 0 Å². The quantitative estimate of drug-likeness (QED) is 0.745. The third-order valence-electron chi connectivity index (χ3n) is 3.28. The molecule has 0 N–H and O–H groups in total. The van der Waals surface area contributed by atoms with Crippen LogP contribution < -0.4 is 0 Å². The molecule has 0 aromatic heterocycles. The highest BCUT2D eigenvalue weighted by Crippen LogP contribution is 2.16. The summed E-state index contributed by atoms with van der Waals surface area (Å²) in [5.74, 6) is 0.619. The molecule has 2 amide bonds. The van der Waals surface area contributed by atoms with Crippen molar-refractivity contribution < 1.29 is 9.59 Å². The van der Waals surface area contributed by atoms with Crippen LogP contribution in [-0.2, 0) is 9.59 Å². The predicted octanol–water partition coefficient (Wildman–Crippen LogP) is 1.88. The molecule has 0 bridgehead atoms. The lowest BCUT2D eigenvalue weighted by atomic mass is 10.1. The van der Waals surface area contributed by atoms with Gasteiger partial charge in [-0.15, -0.1) is 0 Å². The van der Waals surface area contributed by atoms with Gasteiger partial charge in [-0.3, -0.25) is 9.59 Å². The second-order valence-corrected chi connectivity index (χ2v) is 6.05. The van der Waals surface area contributed by atoms with Crippen molar-refractivity contribution in [2.45, 2.75) is 38.4 Å². The highest BCUT2D eigenvalue weighted by molar-refractivity contribution is 9.10. The van der Waals surface area contributed by atoms with Crippen molar-refractivity contribution in [3.63, 3.8) is 0 Å². The van der Waals surface area contributed by atoms with Crippen LogP contribution in [-0.4, -0.2) is 52.6 Å². The van der Waals surface area contributed by atoms with Gasteiger partial charge < -0.3 is 9.80 Å². The van der Waals surface area contributed by atoms with Crippen LogP contribution in [0.2, 0.25) is 0 Å². The molecule has 0 spiro atoms. The van der Waals surface area contributed by atoms with Gasteiger partial charge in [-0.2, -0.15) is 0 Å². The molecule has 1 saturated heterocycles. The summed E-state index contributed by atoms with van der Waals surface area (Å²) < 4.78 is 0. The van der Waals surface area contributed by atoms with E-state index in [-0.39, 0.29) is 22.6 Å². The van der Waals surface area contributed by atoms with Gasteiger partial charge in [0.25, 0.3) is 0 Å². The molecule has 0 aromatic carbocycles. The fraction of sp³-hybridized carbons (Fsp3) is 0.846. The van der Waals surface area contributed by atoms with Crippen LogP contribution in [0.3, 0.4) is 0 Å². The Morgan fingerprint density at radius 1 is 1.11 bits per heavy atom. The SMILES string of the molecule is CCC(=O)N1CCCN(C(=O)C(Br)C(C)C)CC1. The maximum absolute atomic E-state index is 12.2. The number of carbonyl (C=O) groups is 2. The maximum Gasteiger partial charge on any atom is 0.236 e. The number of amides is 2. The van der Waals surface area contributed by atoms with Crippen LogP contribution in [0.25, 0.3) is 0 Å². The van der Waals surface area contributed by atoms with Gasteiger partial charge in [0.1, 0.15) is 0 Å². The van der Waals surface area contributed by atoms with Crippen LogP contribution in [0.15, 0.2) is 0 Å². The first-order chi connectivity index (χ1) is 8.47. The molecular formula is C13H23BrN2O2. The average molecular weight is 319 g/mol. The molecule has 1 heterocycles. The minimum atomic E-state index is -0.120. The summed E-state index contributed by atoms with van der Waals surface area (Å²) in [5.41, 5.74) is 0. The van der Waals surface area contributed by atoms with Crippen LogP contribution in [0.5, 0.6) is 0 Å². The molecule has 0 radical (unpaired) electrons. The standard InChI is InChI=1S/C13H23BrN2O2/c1-4-11(17)15-6-5-7-16(9-8-15)13(18)12(14)10(2)3/h10,12H,4-9H2,1-3H3. The number of rotatable bonds is 3. The number of hydrogen-bond acceptors (Lipinski definition) is 2. The summed E-state index contributed by atoms with van der Waals surface area (Å²) in [6.45, 7) is 8.77. The molecule has 0 aromatic rings. The number of nitrogens with zero attached hydrogens (tertiary/aromatic N) is 2. The summed E-state index contributed by atoms with van der Waals surface area (Å²) in [5, 5.41) is 0. The third kappa shape index (κ3) is 3.97. The zero-order valence-electron chi connectivity index (χ0n) is 11.5. The van der Waals surface area contributed by atoms with Gasteiger partial charge in [-0.1, -0.05) is 36.7 Å². The first-order valence-corrected chi connectivity index (χ1v) is 7.59. The molecule has 4 nitrogen and oxygen atoms in total. The average Bonchev–Trinajstić information content (AvgIpc) is 2.61. The minimum Gasteiger partial charge on any atom is -0.341 e. The molecule has 1 atom stereocenters. The van der Waals surface area contributed by atoms with E-state index in [9.17, 15) is 9.59 Å². The van der Waals surface area contributed by atoms with Gasteiger partial charge in [-0.25, -0.2) is 0 Å². The summed E-state index contributed by atoms with van der Waals surface area (Å²) >= 11 is 3.45. The molecular weight excluding hydrogens is 296 g/mol. The maximum atomic E-state index is 12.2. The molecule has 1 aliphatic heterocycles. The van der Waals surface area contributed by atoms with E-state index >= 15 is 0 Å². The molecule has 18 heavy (non-hydrogen) atoms. The number of hydrogen-bond donors (Lipinski definition) is 0. The first-order valence-electron chi connectivity index (χ1n) is 6.68. The molecule has 1 rings (SSSR count). The molecule has 5 heteroatoms. The van der Waals surface area contributed by atoms with E-state index in [4.69, 9.17) is 0 Å². The summed E-state index contributed by atoms with van der Waals surface area (Å²) in [6, 6.07) is 0. The van der Waals surface area contributed by atoms with Gasteiger partial charge in [0.05, 0.1) is 4.83 Å². The minimum absolute atomic E-state index is 0.120. The van der Waals surface area contributed by atoms with Crippen LogP contribution in [0.1, 0.15) is 33.6 Å². The lowest BCUT2D eigenvalue weighted by Gasteiger charge is -2.25. The topological polar surface area (TPSA) is 40.6 Å². The number of carbonyl (C=O) groups excluding carboxylic acids is 2. The third-order valence-corrected chi connectivity index (χ3v) is 4.73. The van der Waals surface area contributed by atoms with E-state index in [1.807, 2.05) is 30.6 Å². The fourth-order valence-electron chi connectivity index (χ4n) is 2.07. The number of alkyl halides is 1. The molecule has 104 valence electrons. The highest BCUT2D eigenvalue weighted by Gasteiger charge is 2.27. The second kappa shape index (κ2) is 7.12. The Balaban J connectivity index is 2.56. The summed E-state index contributed by atoms with van der Waals surface area (Å²) in [7, 11) is 0. The Morgan fingerprint density at radius 3 is 2.22 bits per heavy atom. The molecule has 1 aliphatic rings. The van der Waals surface area contributed by atoms with Gasteiger partial charge in [0.15, 0.2) is 0 Å². The Morgan fingerprint density at radius 2 is 1.67 bits per heavy atom. The van der Waals surface area contributed by atoms with Crippen molar-refractivity contribution in [2.75, 3.05) is 26.2 Å². The van der Waals surface area contributed by atoms with Crippen LogP contribution in [0.4, 0.5) is 0 Å². The Hall–Kier alpha value is -0.580. The zero-order chi connectivity index (χ0) is 13.7. The van der Waals surface area contributed by atoms with E-state index in [2.05, 4.69) is 15.9 Å².